The molecule has 1 aliphatic rings. The molecule has 33 heavy (non-hydrogen) atoms. The minimum atomic E-state index is 0.265. The number of halogens is 1. The van der Waals surface area contributed by atoms with Gasteiger partial charge in [-0.1, -0.05) is 78.3 Å². The van der Waals surface area contributed by atoms with Crippen LogP contribution in [0.15, 0.2) is 89.3 Å². The van der Waals surface area contributed by atoms with E-state index in [9.17, 15) is 5.26 Å². The molecule has 5 nitrogen and oxygen atoms in total. The topological polar surface area (TPSA) is 57.5 Å². The van der Waals surface area contributed by atoms with Crippen LogP contribution in [0.3, 0.4) is 0 Å². The maximum Gasteiger partial charge on any atom is 0.235 e. The summed E-state index contributed by atoms with van der Waals surface area (Å²) in [6, 6.07) is 31.2. The second-order valence-corrected chi connectivity index (χ2v) is 8.63. The van der Waals surface area contributed by atoms with Gasteiger partial charge in [-0.25, -0.2) is 0 Å². The van der Waals surface area contributed by atoms with Gasteiger partial charge in [-0.15, -0.1) is 0 Å². The SMILES string of the molecule is N#Cc1nc(-c2cccc(Cl)c2)oc1N1CC[NH+](C(c2ccccc2)c2ccccc2)CC1. The van der Waals surface area contributed by atoms with Gasteiger partial charge in [0.05, 0.1) is 26.2 Å². The van der Waals surface area contributed by atoms with Crippen molar-refractivity contribution in [2.75, 3.05) is 31.1 Å². The number of rotatable bonds is 5. The van der Waals surface area contributed by atoms with Crippen molar-refractivity contribution >= 4 is 17.5 Å². The van der Waals surface area contributed by atoms with E-state index in [0.717, 1.165) is 31.7 Å². The molecule has 0 saturated carbocycles. The minimum Gasteiger partial charge on any atom is -0.419 e. The van der Waals surface area contributed by atoms with Crippen LogP contribution >= 0.6 is 11.6 Å². The molecule has 1 N–H and O–H groups in total. The Hall–Kier alpha value is -3.59. The van der Waals surface area contributed by atoms with Crippen molar-refractivity contribution in [1.29, 1.82) is 5.26 Å². The van der Waals surface area contributed by atoms with Crippen LogP contribution in [0.5, 0.6) is 0 Å². The largest absolute Gasteiger partial charge is 0.419 e. The molecule has 1 aromatic heterocycles. The number of piperazine rings is 1. The molecule has 0 radical (unpaired) electrons. The smallest absolute Gasteiger partial charge is 0.235 e. The monoisotopic (exact) mass is 455 g/mol. The number of nitriles is 1. The van der Waals surface area contributed by atoms with Crippen molar-refractivity contribution in [2.24, 2.45) is 0 Å². The molecule has 4 aromatic rings. The number of aromatic nitrogens is 1. The maximum absolute atomic E-state index is 9.67. The Balaban J connectivity index is 1.38. The van der Waals surface area contributed by atoms with Crippen molar-refractivity contribution in [3.8, 4) is 17.5 Å². The summed E-state index contributed by atoms with van der Waals surface area (Å²) in [5.41, 5.74) is 3.71. The summed E-state index contributed by atoms with van der Waals surface area (Å²) in [5.74, 6) is 0.966. The Morgan fingerprint density at radius 2 is 1.55 bits per heavy atom. The summed E-state index contributed by atoms with van der Waals surface area (Å²) in [5, 5.41) is 10.3. The minimum absolute atomic E-state index is 0.265. The van der Waals surface area contributed by atoms with Crippen molar-refractivity contribution in [3.05, 3.63) is 107 Å². The van der Waals surface area contributed by atoms with E-state index in [4.69, 9.17) is 16.0 Å². The van der Waals surface area contributed by atoms with Crippen LogP contribution in [0.1, 0.15) is 22.9 Å². The van der Waals surface area contributed by atoms with Crippen LogP contribution in [0.4, 0.5) is 5.88 Å². The van der Waals surface area contributed by atoms with Crippen LogP contribution in [0.25, 0.3) is 11.5 Å². The van der Waals surface area contributed by atoms with E-state index in [-0.39, 0.29) is 6.04 Å². The molecule has 0 spiro atoms. The highest BCUT2D eigenvalue weighted by Gasteiger charge is 2.32. The summed E-state index contributed by atoms with van der Waals surface area (Å²) in [4.78, 5) is 8.06. The van der Waals surface area contributed by atoms with Crippen molar-refractivity contribution < 1.29 is 9.32 Å². The van der Waals surface area contributed by atoms with Crippen LogP contribution in [0, 0.1) is 11.3 Å². The lowest BCUT2D eigenvalue weighted by Crippen LogP contribution is -3.15. The number of quaternary nitrogens is 1. The van der Waals surface area contributed by atoms with Gasteiger partial charge in [0, 0.05) is 21.7 Å². The van der Waals surface area contributed by atoms with Gasteiger partial charge >= 0.3 is 0 Å². The van der Waals surface area contributed by atoms with Gasteiger partial charge in [-0.05, 0) is 18.2 Å². The van der Waals surface area contributed by atoms with E-state index in [1.54, 1.807) is 12.1 Å². The summed E-state index contributed by atoms with van der Waals surface area (Å²) in [6.45, 7) is 3.41. The third-order valence-electron chi connectivity index (χ3n) is 6.15. The Kier molecular flexibility index (Phi) is 6.12. The summed E-state index contributed by atoms with van der Waals surface area (Å²) < 4.78 is 6.08. The van der Waals surface area contributed by atoms with Gasteiger partial charge in [-0.3, -0.25) is 0 Å². The third-order valence-corrected chi connectivity index (χ3v) is 6.39. The lowest BCUT2D eigenvalue weighted by Gasteiger charge is -2.36. The first-order valence-corrected chi connectivity index (χ1v) is 11.5. The number of hydrogen-bond donors (Lipinski definition) is 1. The van der Waals surface area contributed by atoms with E-state index in [2.05, 4.69) is 76.6 Å². The molecule has 3 aromatic carbocycles. The predicted octanol–water partition coefficient (Wildman–Crippen LogP) is 4.36. The van der Waals surface area contributed by atoms with Crippen molar-refractivity contribution in [1.82, 2.24) is 4.98 Å². The number of nitrogens with zero attached hydrogens (tertiary/aromatic N) is 3. The predicted molar refractivity (Wildman–Crippen MR) is 129 cm³/mol. The van der Waals surface area contributed by atoms with Crippen LogP contribution in [0.2, 0.25) is 5.02 Å². The number of nitrogens with one attached hydrogen (secondary N) is 1. The number of oxazole rings is 1. The van der Waals surface area contributed by atoms with Gasteiger partial charge in [0.15, 0.2) is 0 Å². The first-order valence-electron chi connectivity index (χ1n) is 11.1. The molecule has 1 fully saturated rings. The molecule has 5 rings (SSSR count). The van der Waals surface area contributed by atoms with Crippen LogP contribution < -0.4 is 9.80 Å². The fourth-order valence-electron chi connectivity index (χ4n) is 4.58. The lowest BCUT2D eigenvalue weighted by molar-refractivity contribution is -0.926. The van der Waals surface area contributed by atoms with Crippen molar-refractivity contribution in [3.63, 3.8) is 0 Å². The fraction of sp³-hybridized carbons (Fsp3) is 0.185. The van der Waals surface area contributed by atoms with Gasteiger partial charge in [0.2, 0.25) is 17.5 Å². The number of hydrogen-bond acceptors (Lipinski definition) is 4. The fourth-order valence-corrected chi connectivity index (χ4v) is 4.78. The van der Waals surface area contributed by atoms with Crippen LogP contribution in [-0.4, -0.2) is 31.2 Å². The van der Waals surface area contributed by atoms with E-state index in [1.165, 1.54) is 16.0 Å². The maximum atomic E-state index is 9.67. The zero-order valence-corrected chi connectivity index (χ0v) is 18.9. The summed E-state index contributed by atoms with van der Waals surface area (Å²) in [6.07, 6.45) is 0. The molecule has 1 aliphatic heterocycles. The average molecular weight is 456 g/mol. The highest BCUT2D eigenvalue weighted by atomic mass is 35.5. The zero-order valence-electron chi connectivity index (χ0n) is 18.1. The Morgan fingerprint density at radius 1 is 0.909 bits per heavy atom. The van der Waals surface area contributed by atoms with Crippen molar-refractivity contribution in [2.45, 2.75) is 6.04 Å². The second-order valence-electron chi connectivity index (χ2n) is 8.19. The lowest BCUT2D eigenvalue weighted by atomic mass is 9.96. The molecule has 6 heteroatoms. The molecular weight excluding hydrogens is 432 g/mol. The highest BCUT2D eigenvalue weighted by molar-refractivity contribution is 6.30. The second kappa shape index (κ2) is 9.50. The first-order chi connectivity index (χ1) is 16.2. The summed E-state index contributed by atoms with van der Waals surface area (Å²) in [7, 11) is 0. The standard InChI is InChI=1S/C27H23ClN4O/c28-23-13-7-12-22(18-23)26-30-24(19-29)27(33-26)32-16-14-31(15-17-32)25(20-8-3-1-4-9-20)21-10-5-2-6-11-21/h1-13,18,25H,14-17H2/p+1. The molecule has 0 atom stereocenters. The first kappa shape index (κ1) is 21.3. The molecule has 0 unspecified atom stereocenters. The van der Waals surface area contributed by atoms with Gasteiger partial charge in [0.1, 0.15) is 12.1 Å². The molecule has 0 amide bonds. The summed E-state index contributed by atoms with van der Waals surface area (Å²) >= 11 is 6.12. The molecular formula is C27H24ClN4O+. The normalized spacial score (nSPS) is 14.4. The molecule has 2 heterocycles. The number of benzene rings is 3. The quantitative estimate of drug-likeness (QED) is 0.485. The average Bonchev–Trinajstić information content (AvgIpc) is 3.31. The Labute approximate surface area is 198 Å². The van der Waals surface area contributed by atoms with Gasteiger partial charge < -0.3 is 14.2 Å². The van der Waals surface area contributed by atoms with Gasteiger partial charge in [-0.2, -0.15) is 10.2 Å². The van der Waals surface area contributed by atoms with Gasteiger partial charge in [0.25, 0.3) is 0 Å². The Bertz CT molecular complexity index is 1220. The molecule has 0 bridgehead atoms. The molecule has 1 saturated heterocycles. The number of anilines is 1. The zero-order chi connectivity index (χ0) is 22.6. The van der Waals surface area contributed by atoms with E-state index in [1.807, 2.05) is 12.1 Å². The highest BCUT2D eigenvalue weighted by Crippen LogP contribution is 2.29. The molecule has 0 aliphatic carbocycles. The van der Waals surface area contributed by atoms with E-state index >= 15 is 0 Å². The Morgan fingerprint density at radius 3 is 2.12 bits per heavy atom. The van der Waals surface area contributed by atoms with Crippen LogP contribution in [-0.2, 0) is 0 Å². The van der Waals surface area contributed by atoms with E-state index in [0.29, 0.717) is 22.5 Å². The third kappa shape index (κ3) is 4.49. The van der Waals surface area contributed by atoms with E-state index < -0.39 is 0 Å². The molecule has 164 valence electrons.